The molecule has 5 heteroatoms. The van der Waals surface area contributed by atoms with Crippen molar-refractivity contribution < 1.29 is 8.42 Å². The van der Waals surface area contributed by atoms with E-state index in [1.165, 1.54) is 0 Å². The molecule has 0 bridgehead atoms. The molecule has 0 aromatic carbocycles. The molecule has 1 aliphatic rings. The monoisotopic (exact) mass is 276 g/mol. The highest BCUT2D eigenvalue weighted by Crippen LogP contribution is 2.19. The fourth-order valence-corrected chi connectivity index (χ4v) is 4.30. The van der Waals surface area contributed by atoms with Crippen LogP contribution in [0.1, 0.15) is 33.6 Å². The van der Waals surface area contributed by atoms with E-state index in [1.807, 2.05) is 0 Å². The van der Waals surface area contributed by atoms with Crippen molar-refractivity contribution in [1.29, 1.82) is 0 Å². The minimum Gasteiger partial charge on any atom is -0.315 e. The molecule has 1 rings (SSSR count). The Kier molecular flexibility index (Phi) is 6.08. The van der Waals surface area contributed by atoms with Gasteiger partial charge in [-0.3, -0.25) is 4.90 Å². The summed E-state index contributed by atoms with van der Waals surface area (Å²) in [4.78, 5) is 2.26. The molecule has 0 amide bonds. The van der Waals surface area contributed by atoms with Gasteiger partial charge in [0.1, 0.15) is 0 Å². The lowest BCUT2D eigenvalue weighted by Gasteiger charge is -2.32. The molecule has 0 radical (unpaired) electrons. The standard InChI is InChI=1S/C13H28N2O2S/c1-5-12(9-14-8-11(2)3)15(4)13-6-7-18(16,17)10-13/h11-14H,5-10H2,1-4H3. The fourth-order valence-electron chi connectivity index (χ4n) is 2.51. The van der Waals surface area contributed by atoms with Crippen LogP contribution in [-0.2, 0) is 9.84 Å². The van der Waals surface area contributed by atoms with E-state index >= 15 is 0 Å². The van der Waals surface area contributed by atoms with Gasteiger partial charge in [-0.2, -0.15) is 0 Å². The summed E-state index contributed by atoms with van der Waals surface area (Å²) < 4.78 is 23.0. The van der Waals surface area contributed by atoms with Gasteiger partial charge in [-0.25, -0.2) is 8.42 Å². The summed E-state index contributed by atoms with van der Waals surface area (Å²) in [7, 11) is -0.712. The smallest absolute Gasteiger partial charge is 0.151 e. The minimum atomic E-state index is -2.78. The summed E-state index contributed by atoms with van der Waals surface area (Å²) in [6.45, 7) is 8.53. The van der Waals surface area contributed by atoms with Crippen molar-refractivity contribution in [1.82, 2.24) is 10.2 Å². The van der Waals surface area contributed by atoms with Crippen molar-refractivity contribution in [2.24, 2.45) is 5.92 Å². The minimum absolute atomic E-state index is 0.209. The van der Waals surface area contributed by atoms with Crippen molar-refractivity contribution in [2.45, 2.75) is 45.7 Å². The molecule has 4 nitrogen and oxygen atoms in total. The Bertz CT molecular complexity index is 341. The van der Waals surface area contributed by atoms with Crippen LogP contribution in [0.3, 0.4) is 0 Å². The number of likely N-dealkylation sites (N-methyl/N-ethyl adjacent to an activating group) is 1. The summed E-state index contributed by atoms with van der Waals surface area (Å²) in [6, 6.07) is 0.642. The molecular formula is C13H28N2O2S. The highest BCUT2D eigenvalue weighted by molar-refractivity contribution is 7.91. The Morgan fingerprint density at radius 3 is 2.44 bits per heavy atom. The van der Waals surface area contributed by atoms with E-state index in [2.05, 4.69) is 38.0 Å². The first-order valence-corrected chi connectivity index (χ1v) is 8.81. The van der Waals surface area contributed by atoms with Gasteiger partial charge < -0.3 is 5.32 Å². The molecular weight excluding hydrogens is 248 g/mol. The Morgan fingerprint density at radius 2 is 2.00 bits per heavy atom. The van der Waals surface area contributed by atoms with Gasteiger partial charge in [0.15, 0.2) is 9.84 Å². The Hall–Kier alpha value is -0.130. The van der Waals surface area contributed by atoms with Crippen LogP contribution >= 0.6 is 0 Å². The highest BCUT2D eigenvalue weighted by atomic mass is 32.2. The zero-order valence-corrected chi connectivity index (χ0v) is 13.0. The summed E-state index contributed by atoms with van der Waals surface area (Å²) in [5, 5.41) is 3.47. The molecule has 1 aliphatic heterocycles. The van der Waals surface area contributed by atoms with Crippen LogP contribution in [0.4, 0.5) is 0 Å². The third-order valence-electron chi connectivity index (χ3n) is 3.76. The first-order valence-electron chi connectivity index (χ1n) is 6.98. The lowest BCUT2D eigenvalue weighted by Crippen LogP contribution is -2.46. The van der Waals surface area contributed by atoms with E-state index < -0.39 is 9.84 Å². The van der Waals surface area contributed by atoms with Crippen LogP contribution in [0, 0.1) is 5.92 Å². The summed E-state index contributed by atoms with van der Waals surface area (Å²) in [6.07, 6.45) is 1.84. The van der Waals surface area contributed by atoms with Crippen molar-refractivity contribution >= 4 is 9.84 Å². The highest BCUT2D eigenvalue weighted by Gasteiger charge is 2.32. The molecule has 1 fully saturated rings. The van der Waals surface area contributed by atoms with E-state index in [4.69, 9.17) is 0 Å². The SMILES string of the molecule is CCC(CNCC(C)C)N(C)C1CCS(=O)(=O)C1. The van der Waals surface area contributed by atoms with Gasteiger partial charge in [-0.1, -0.05) is 20.8 Å². The maximum absolute atomic E-state index is 11.5. The number of sulfone groups is 1. The predicted octanol–water partition coefficient (Wildman–Crippen LogP) is 1.13. The van der Waals surface area contributed by atoms with Gasteiger partial charge in [-0.15, -0.1) is 0 Å². The molecule has 0 saturated carbocycles. The normalized spacial score (nSPS) is 24.9. The number of rotatable bonds is 7. The lowest BCUT2D eigenvalue weighted by molar-refractivity contribution is 0.177. The second kappa shape index (κ2) is 6.87. The van der Waals surface area contributed by atoms with Crippen LogP contribution in [0.15, 0.2) is 0 Å². The largest absolute Gasteiger partial charge is 0.315 e. The van der Waals surface area contributed by atoms with Gasteiger partial charge in [-0.05, 0) is 32.4 Å². The summed E-state index contributed by atoms with van der Waals surface area (Å²) >= 11 is 0. The average Bonchev–Trinajstić information content (AvgIpc) is 2.64. The van der Waals surface area contributed by atoms with Crippen molar-refractivity contribution in [3.63, 3.8) is 0 Å². The zero-order valence-electron chi connectivity index (χ0n) is 12.1. The van der Waals surface area contributed by atoms with E-state index in [9.17, 15) is 8.42 Å². The van der Waals surface area contributed by atoms with E-state index in [-0.39, 0.29) is 6.04 Å². The lowest BCUT2D eigenvalue weighted by atomic mass is 10.1. The molecule has 0 spiro atoms. The van der Waals surface area contributed by atoms with Gasteiger partial charge in [0, 0.05) is 18.6 Å². The second-order valence-corrected chi connectivity index (χ2v) is 8.07. The number of hydrogen-bond donors (Lipinski definition) is 1. The van der Waals surface area contributed by atoms with E-state index in [0.29, 0.717) is 23.5 Å². The topological polar surface area (TPSA) is 49.4 Å². The molecule has 1 heterocycles. The Balaban J connectivity index is 2.44. The van der Waals surface area contributed by atoms with E-state index in [1.54, 1.807) is 0 Å². The average molecular weight is 276 g/mol. The number of nitrogens with one attached hydrogen (secondary N) is 1. The Labute approximate surface area is 112 Å². The maximum atomic E-state index is 11.5. The van der Waals surface area contributed by atoms with Crippen LogP contribution in [-0.4, -0.2) is 57.0 Å². The molecule has 0 aromatic heterocycles. The molecule has 0 aromatic rings. The molecule has 18 heavy (non-hydrogen) atoms. The quantitative estimate of drug-likeness (QED) is 0.757. The third kappa shape index (κ3) is 4.86. The van der Waals surface area contributed by atoms with Crippen molar-refractivity contribution in [3.8, 4) is 0 Å². The zero-order chi connectivity index (χ0) is 13.8. The first kappa shape index (κ1) is 15.9. The number of nitrogens with zero attached hydrogens (tertiary/aromatic N) is 1. The molecule has 0 aliphatic carbocycles. The summed E-state index contributed by atoms with van der Waals surface area (Å²) in [5.41, 5.74) is 0. The number of hydrogen-bond acceptors (Lipinski definition) is 4. The molecule has 1 N–H and O–H groups in total. The predicted molar refractivity (Wildman–Crippen MR) is 76.6 cm³/mol. The van der Waals surface area contributed by atoms with Crippen LogP contribution < -0.4 is 5.32 Å². The van der Waals surface area contributed by atoms with Gasteiger partial charge in [0.05, 0.1) is 11.5 Å². The van der Waals surface area contributed by atoms with Crippen molar-refractivity contribution in [3.05, 3.63) is 0 Å². The molecule has 1 saturated heterocycles. The third-order valence-corrected chi connectivity index (χ3v) is 5.51. The first-order chi connectivity index (χ1) is 8.35. The molecule has 2 unspecified atom stereocenters. The molecule has 108 valence electrons. The van der Waals surface area contributed by atoms with Crippen LogP contribution in [0.5, 0.6) is 0 Å². The van der Waals surface area contributed by atoms with Crippen LogP contribution in [0.25, 0.3) is 0 Å². The Morgan fingerprint density at radius 1 is 1.33 bits per heavy atom. The second-order valence-electron chi connectivity index (χ2n) is 5.84. The summed E-state index contributed by atoms with van der Waals surface area (Å²) in [5.74, 6) is 1.35. The van der Waals surface area contributed by atoms with Gasteiger partial charge >= 0.3 is 0 Å². The van der Waals surface area contributed by atoms with Crippen molar-refractivity contribution in [2.75, 3.05) is 31.6 Å². The molecule has 2 atom stereocenters. The van der Waals surface area contributed by atoms with Crippen LogP contribution in [0.2, 0.25) is 0 Å². The maximum Gasteiger partial charge on any atom is 0.151 e. The van der Waals surface area contributed by atoms with Gasteiger partial charge in [0.25, 0.3) is 0 Å². The fraction of sp³-hybridized carbons (Fsp3) is 1.00. The van der Waals surface area contributed by atoms with Gasteiger partial charge in [0.2, 0.25) is 0 Å². The van der Waals surface area contributed by atoms with E-state index in [0.717, 1.165) is 25.9 Å².